The average molecular weight is 218 g/mol. The highest BCUT2D eigenvalue weighted by Crippen LogP contribution is 2.12. The first-order valence-electron chi connectivity index (χ1n) is 5.36. The molecule has 0 heterocycles. The number of aryl methyl sites for hydroxylation is 1. The van der Waals surface area contributed by atoms with Crippen molar-refractivity contribution in [1.82, 2.24) is 4.90 Å². The minimum absolute atomic E-state index is 0.145. The van der Waals surface area contributed by atoms with E-state index >= 15 is 0 Å². The van der Waals surface area contributed by atoms with Crippen LogP contribution in [-0.2, 0) is 0 Å². The molecule has 0 N–H and O–H groups in total. The van der Waals surface area contributed by atoms with Gasteiger partial charge in [-0.15, -0.1) is 0 Å². The molecule has 1 aromatic rings. The van der Waals surface area contributed by atoms with Gasteiger partial charge in [-0.1, -0.05) is 17.7 Å². The average Bonchev–Trinajstić information content (AvgIpc) is 2.26. The van der Waals surface area contributed by atoms with Crippen LogP contribution in [0.4, 0.5) is 0 Å². The molecule has 0 aliphatic rings. The van der Waals surface area contributed by atoms with E-state index in [0.29, 0.717) is 13.0 Å². The molecule has 0 saturated carbocycles. The van der Waals surface area contributed by atoms with E-state index in [2.05, 4.69) is 6.07 Å². The van der Waals surface area contributed by atoms with Gasteiger partial charge in [0.05, 0.1) is 18.5 Å². The minimum Gasteiger partial charge on any atom is -0.492 e. The molecule has 1 atom stereocenters. The molecule has 1 unspecified atom stereocenters. The normalized spacial score (nSPS) is 12.2. The molecule has 0 saturated heterocycles. The maximum absolute atomic E-state index is 8.69. The summed E-state index contributed by atoms with van der Waals surface area (Å²) in [5.41, 5.74) is 1.22. The summed E-state index contributed by atoms with van der Waals surface area (Å²) in [7, 11) is 3.92. The highest BCUT2D eigenvalue weighted by molar-refractivity contribution is 5.26. The molecular weight excluding hydrogens is 200 g/mol. The van der Waals surface area contributed by atoms with Crippen LogP contribution >= 0.6 is 0 Å². The maximum atomic E-state index is 8.69. The van der Waals surface area contributed by atoms with Crippen LogP contribution in [0, 0.1) is 18.3 Å². The van der Waals surface area contributed by atoms with Crippen molar-refractivity contribution in [3.8, 4) is 11.8 Å². The Balaban J connectivity index is 2.49. The number of rotatable bonds is 5. The Labute approximate surface area is 97.3 Å². The maximum Gasteiger partial charge on any atom is 0.119 e. The summed E-state index contributed by atoms with van der Waals surface area (Å²) in [5, 5.41) is 8.69. The van der Waals surface area contributed by atoms with Crippen LogP contribution in [0.1, 0.15) is 12.0 Å². The molecule has 1 aromatic carbocycles. The molecule has 16 heavy (non-hydrogen) atoms. The molecule has 1 rings (SSSR count). The third-order valence-electron chi connectivity index (χ3n) is 2.52. The number of ether oxygens (including phenoxy) is 1. The second-order valence-corrected chi connectivity index (χ2v) is 4.10. The summed E-state index contributed by atoms with van der Waals surface area (Å²) in [5.74, 6) is 0.857. The molecular formula is C13H18N2O. The lowest BCUT2D eigenvalue weighted by molar-refractivity contribution is 0.188. The van der Waals surface area contributed by atoms with E-state index in [1.54, 1.807) is 0 Å². The van der Waals surface area contributed by atoms with Gasteiger partial charge in [-0.3, -0.25) is 0 Å². The predicted octanol–water partition coefficient (Wildman–Crippen LogP) is 2.22. The molecule has 0 aromatic heterocycles. The number of benzene rings is 1. The van der Waals surface area contributed by atoms with Crippen LogP contribution in [0.2, 0.25) is 0 Å². The van der Waals surface area contributed by atoms with Crippen LogP contribution in [0.15, 0.2) is 24.3 Å². The fourth-order valence-corrected chi connectivity index (χ4v) is 1.32. The summed E-state index contributed by atoms with van der Waals surface area (Å²) in [6, 6.07) is 10.3. The molecule has 0 aliphatic heterocycles. The highest BCUT2D eigenvalue weighted by Gasteiger charge is 2.11. The van der Waals surface area contributed by atoms with Crippen LogP contribution in [0.3, 0.4) is 0 Å². The van der Waals surface area contributed by atoms with E-state index in [9.17, 15) is 0 Å². The lowest BCUT2D eigenvalue weighted by Crippen LogP contribution is -2.33. The number of hydrogen-bond acceptors (Lipinski definition) is 3. The lowest BCUT2D eigenvalue weighted by Gasteiger charge is -2.21. The summed E-state index contributed by atoms with van der Waals surface area (Å²) in [4.78, 5) is 2.01. The Bertz CT molecular complexity index is 351. The predicted molar refractivity (Wildman–Crippen MR) is 64.4 cm³/mol. The van der Waals surface area contributed by atoms with Gasteiger partial charge in [0.1, 0.15) is 12.4 Å². The van der Waals surface area contributed by atoms with Gasteiger partial charge in [0.25, 0.3) is 0 Å². The van der Waals surface area contributed by atoms with Gasteiger partial charge in [0.15, 0.2) is 0 Å². The van der Waals surface area contributed by atoms with Gasteiger partial charge in [-0.2, -0.15) is 5.26 Å². The first kappa shape index (κ1) is 12.5. The molecule has 86 valence electrons. The summed E-state index contributed by atoms with van der Waals surface area (Å²) in [6.07, 6.45) is 0.485. The van der Waals surface area contributed by atoms with Crippen molar-refractivity contribution in [2.75, 3.05) is 20.7 Å². The zero-order valence-corrected chi connectivity index (χ0v) is 10.1. The standard InChI is InChI=1S/C13H18N2O/c1-11-4-6-13(7-5-11)16-10-12(8-9-14)15(2)3/h4-7,12H,8,10H2,1-3H3. The van der Waals surface area contributed by atoms with Crippen molar-refractivity contribution in [2.45, 2.75) is 19.4 Å². The Hall–Kier alpha value is -1.53. The van der Waals surface area contributed by atoms with E-state index in [1.165, 1.54) is 5.56 Å². The van der Waals surface area contributed by atoms with Crippen molar-refractivity contribution >= 4 is 0 Å². The number of nitriles is 1. The van der Waals surface area contributed by atoms with E-state index in [-0.39, 0.29) is 6.04 Å². The van der Waals surface area contributed by atoms with E-state index in [4.69, 9.17) is 10.00 Å². The van der Waals surface area contributed by atoms with Gasteiger partial charge >= 0.3 is 0 Å². The third kappa shape index (κ3) is 3.92. The number of hydrogen-bond donors (Lipinski definition) is 0. The van der Waals surface area contributed by atoms with Crippen molar-refractivity contribution < 1.29 is 4.74 Å². The van der Waals surface area contributed by atoms with E-state index < -0.39 is 0 Å². The monoisotopic (exact) mass is 218 g/mol. The summed E-state index contributed by atoms with van der Waals surface area (Å²) >= 11 is 0. The fourth-order valence-electron chi connectivity index (χ4n) is 1.32. The zero-order valence-electron chi connectivity index (χ0n) is 10.1. The number of nitrogens with zero attached hydrogens (tertiary/aromatic N) is 2. The van der Waals surface area contributed by atoms with Crippen LogP contribution in [0.5, 0.6) is 5.75 Å². The number of likely N-dealkylation sites (N-methyl/N-ethyl adjacent to an activating group) is 1. The quantitative estimate of drug-likeness (QED) is 0.760. The molecule has 3 nitrogen and oxygen atoms in total. The highest BCUT2D eigenvalue weighted by atomic mass is 16.5. The molecule has 3 heteroatoms. The second kappa shape index (κ2) is 6.14. The Morgan fingerprint density at radius 3 is 2.44 bits per heavy atom. The van der Waals surface area contributed by atoms with Gasteiger partial charge in [-0.05, 0) is 33.2 Å². The SMILES string of the molecule is Cc1ccc(OCC(CC#N)N(C)C)cc1. The second-order valence-electron chi connectivity index (χ2n) is 4.10. The van der Waals surface area contributed by atoms with E-state index in [0.717, 1.165) is 5.75 Å². The first-order valence-corrected chi connectivity index (χ1v) is 5.36. The van der Waals surface area contributed by atoms with Crippen LogP contribution in [-0.4, -0.2) is 31.6 Å². The largest absolute Gasteiger partial charge is 0.492 e. The van der Waals surface area contributed by atoms with Gasteiger partial charge in [0, 0.05) is 0 Å². The third-order valence-corrected chi connectivity index (χ3v) is 2.52. The molecule has 0 aliphatic carbocycles. The van der Waals surface area contributed by atoms with Crippen molar-refractivity contribution in [3.63, 3.8) is 0 Å². The Kier molecular flexibility index (Phi) is 4.81. The van der Waals surface area contributed by atoms with Crippen LogP contribution in [0.25, 0.3) is 0 Å². The first-order chi connectivity index (χ1) is 7.63. The van der Waals surface area contributed by atoms with E-state index in [1.807, 2.05) is 50.2 Å². The van der Waals surface area contributed by atoms with Crippen LogP contribution < -0.4 is 4.74 Å². The van der Waals surface area contributed by atoms with Crippen molar-refractivity contribution in [3.05, 3.63) is 29.8 Å². The molecule has 0 spiro atoms. The topological polar surface area (TPSA) is 36.3 Å². The summed E-state index contributed by atoms with van der Waals surface area (Å²) in [6.45, 7) is 2.59. The zero-order chi connectivity index (χ0) is 12.0. The summed E-state index contributed by atoms with van der Waals surface area (Å²) < 4.78 is 5.64. The van der Waals surface area contributed by atoms with Gasteiger partial charge < -0.3 is 9.64 Å². The lowest BCUT2D eigenvalue weighted by atomic mass is 10.2. The van der Waals surface area contributed by atoms with Crippen molar-refractivity contribution in [2.24, 2.45) is 0 Å². The van der Waals surface area contributed by atoms with Gasteiger partial charge in [-0.25, -0.2) is 0 Å². The Morgan fingerprint density at radius 2 is 1.94 bits per heavy atom. The molecule has 0 fully saturated rings. The minimum atomic E-state index is 0.145. The molecule has 0 amide bonds. The Morgan fingerprint density at radius 1 is 1.31 bits per heavy atom. The molecule has 0 bridgehead atoms. The van der Waals surface area contributed by atoms with Crippen molar-refractivity contribution in [1.29, 1.82) is 5.26 Å². The molecule has 0 radical (unpaired) electrons. The smallest absolute Gasteiger partial charge is 0.119 e. The van der Waals surface area contributed by atoms with Gasteiger partial charge in [0.2, 0.25) is 0 Å². The fraction of sp³-hybridized carbons (Fsp3) is 0.462.